The van der Waals surface area contributed by atoms with Crippen LogP contribution in [0.25, 0.3) is 0 Å². The number of alkyl halides is 1. The van der Waals surface area contributed by atoms with Gasteiger partial charge in [0.1, 0.15) is 0 Å². The molecule has 0 fully saturated rings. The van der Waals surface area contributed by atoms with Crippen molar-refractivity contribution < 1.29 is 9.90 Å². The Bertz CT molecular complexity index is 447. The van der Waals surface area contributed by atoms with E-state index in [1.165, 1.54) is 11.0 Å². The molecular formula is C11H9Br2NO2. The Morgan fingerprint density at radius 3 is 2.50 bits per heavy atom. The lowest BCUT2D eigenvalue weighted by Crippen LogP contribution is -2.49. The van der Waals surface area contributed by atoms with Crippen LogP contribution in [0.3, 0.4) is 0 Å². The Morgan fingerprint density at radius 1 is 1.31 bits per heavy atom. The first-order valence-electron chi connectivity index (χ1n) is 4.65. The largest absolute Gasteiger partial charge is 0.365 e. The first-order chi connectivity index (χ1) is 7.59. The number of carbonyl (C=O) groups is 1. The van der Waals surface area contributed by atoms with Crippen LogP contribution >= 0.6 is 31.9 Å². The predicted octanol–water partition coefficient (Wildman–Crippen LogP) is 2.40. The average molecular weight is 347 g/mol. The van der Waals surface area contributed by atoms with Crippen molar-refractivity contribution in [1.82, 2.24) is 0 Å². The molecule has 1 aromatic rings. The molecule has 1 atom stereocenters. The monoisotopic (exact) mass is 345 g/mol. The van der Waals surface area contributed by atoms with E-state index in [-0.39, 0.29) is 11.2 Å². The second-order valence-electron chi connectivity index (χ2n) is 3.45. The molecule has 0 radical (unpaired) electrons. The molecule has 0 spiro atoms. The molecule has 3 nitrogen and oxygen atoms in total. The zero-order valence-electron chi connectivity index (χ0n) is 8.23. The number of hydrogen-bond acceptors (Lipinski definition) is 2. The Labute approximate surface area is 110 Å². The molecule has 1 aromatic carbocycles. The summed E-state index contributed by atoms with van der Waals surface area (Å²) in [5.41, 5.74) is -0.668. The van der Waals surface area contributed by atoms with E-state index >= 15 is 0 Å². The van der Waals surface area contributed by atoms with Gasteiger partial charge in [0.25, 0.3) is 5.91 Å². The third kappa shape index (κ3) is 1.73. The summed E-state index contributed by atoms with van der Waals surface area (Å²) in [7, 11) is 0. The van der Waals surface area contributed by atoms with Crippen molar-refractivity contribution in [3.8, 4) is 0 Å². The van der Waals surface area contributed by atoms with Gasteiger partial charge in [-0.15, -0.1) is 0 Å². The lowest BCUT2D eigenvalue weighted by Gasteiger charge is -2.33. The van der Waals surface area contributed by atoms with Crippen LogP contribution < -0.4 is 4.90 Å². The third-order valence-electron chi connectivity index (χ3n) is 2.42. The zero-order chi connectivity index (χ0) is 11.8. The number of amides is 1. The minimum atomic E-state index is -1.33. The number of para-hydroxylation sites is 1. The van der Waals surface area contributed by atoms with Crippen LogP contribution in [0, 0.1) is 0 Å². The van der Waals surface area contributed by atoms with Crippen molar-refractivity contribution >= 4 is 43.5 Å². The molecule has 0 saturated heterocycles. The van der Waals surface area contributed by atoms with Gasteiger partial charge in [-0.05, 0) is 12.1 Å². The lowest BCUT2D eigenvalue weighted by atomic mass is 10.2. The van der Waals surface area contributed by atoms with Gasteiger partial charge in [-0.25, -0.2) is 0 Å². The lowest BCUT2D eigenvalue weighted by molar-refractivity contribution is -0.115. The molecule has 1 heterocycles. The Balaban J connectivity index is 2.46. The molecule has 1 N–H and O–H groups in total. The number of anilines is 1. The van der Waals surface area contributed by atoms with Crippen molar-refractivity contribution in [1.29, 1.82) is 0 Å². The first-order valence-corrected chi connectivity index (χ1v) is 6.56. The molecule has 84 valence electrons. The second kappa shape index (κ2) is 4.31. The minimum absolute atomic E-state index is 0.236. The molecular weight excluding hydrogens is 338 g/mol. The van der Waals surface area contributed by atoms with Crippen LogP contribution in [0.1, 0.15) is 0 Å². The van der Waals surface area contributed by atoms with Gasteiger partial charge in [0.2, 0.25) is 0 Å². The highest BCUT2D eigenvalue weighted by Gasteiger charge is 2.45. The summed E-state index contributed by atoms with van der Waals surface area (Å²) in [5, 5.41) is 10.6. The van der Waals surface area contributed by atoms with E-state index < -0.39 is 5.72 Å². The van der Waals surface area contributed by atoms with Gasteiger partial charge in [-0.3, -0.25) is 9.69 Å². The Morgan fingerprint density at radius 2 is 1.94 bits per heavy atom. The van der Waals surface area contributed by atoms with Gasteiger partial charge in [0.05, 0.1) is 9.81 Å². The highest BCUT2D eigenvalue weighted by atomic mass is 79.9. The van der Waals surface area contributed by atoms with Gasteiger partial charge in [0.15, 0.2) is 5.72 Å². The summed E-state index contributed by atoms with van der Waals surface area (Å²) in [4.78, 5) is 13.2. The van der Waals surface area contributed by atoms with Gasteiger partial charge in [-0.2, -0.15) is 0 Å². The predicted molar refractivity (Wildman–Crippen MR) is 69.7 cm³/mol. The average Bonchev–Trinajstić information content (AvgIpc) is 2.52. The summed E-state index contributed by atoms with van der Waals surface area (Å²) in [6.07, 6.45) is 1.38. The maximum Gasteiger partial charge on any atom is 0.254 e. The van der Waals surface area contributed by atoms with Crippen LogP contribution in [0.5, 0.6) is 0 Å². The maximum atomic E-state index is 11.8. The van der Waals surface area contributed by atoms with E-state index in [1.807, 2.05) is 18.2 Å². The molecule has 0 aromatic heterocycles. The van der Waals surface area contributed by atoms with E-state index in [0.29, 0.717) is 10.2 Å². The van der Waals surface area contributed by atoms with Crippen LogP contribution in [0.2, 0.25) is 0 Å². The van der Waals surface area contributed by atoms with E-state index in [0.717, 1.165) is 0 Å². The van der Waals surface area contributed by atoms with Crippen LogP contribution in [-0.4, -0.2) is 22.1 Å². The van der Waals surface area contributed by atoms with Crippen LogP contribution in [0.4, 0.5) is 5.69 Å². The van der Waals surface area contributed by atoms with Crippen molar-refractivity contribution in [2.24, 2.45) is 0 Å². The first kappa shape index (κ1) is 11.8. The number of nitrogens with zero attached hydrogens (tertiary/aromatic N) is 1. The molecule has 2 rings (SSSR count). The number of hydrogen-bond donors (Lipinski definition) is 1. The topological polar surface area (TPSA) is 40.5 Å². The summed E-state index contributed by atoms with van der Waals surface area (Å²) in [6, 6.07) is 9.07. The Hall–Kier alpha value is -0.650. The fourth-order valence-corrected chi connectivity index (χ4v) is 3.06. The van der Waals surface area contributed by atoms with E-state index in [2.05, 4.69) is 31.9 Å². The fraction of sp³-hybridized carbons (Fsp3) is 0.182. The molecule has 1 aliphatic heterocycles. The molecule has 16 heavy (non-hydrogen) atoms. The smallest absolute Gasteiger partial charge is 0.254 e. The van der Waals surface area contributed by atoms with Crippen molar-refractivity contribution in [2.75, 3.05) is 10.2 Å². The SMILES string of the molecule is O=C1C=C(Br)C(O)(CBr)N1c1ccccc1. The fourth-order valence-electron chi connectivity index (χ4n) is 1.62. The molecule has 0 bridgehead atoms. The van der Waals surface area contributed by atoms with Crippen molar-refractivity contribution in [3.63, 3.8) is 0 Å². The summed E-state index contributed by atoms with van der Waals surface area (Å²) in [6.45, 7) is 0. The molecule has 0 saturated carbocycles. The van der Waals surface area contributed by atoms with E-state index in [9.17, 15) is 9.90 Å². The molecule has 5 heteroatoms. The van der Waals surface area contributed by atoms with Gasteiger partial charge in [0, 0.05) is 11.8 Å². The van der Waals surface area contributed by atoms with Gasteiger partial charge >= 0.3 is 0 Å². The summed E-state index contributed by atoms with van der Waals surface area (Å²) < 4.78 is 0.464. The van der Waals surface area contributed by atoms with E-state index in [4.69, 9.17) is 0 Å². The molecule has 1 unspecified atom stereocenters. The normalized spacial score (nSPS) is 24.8. The highest BCUT2D eigenvalue weighted by molar-refractivity contribution is 9.12. The standard InChI is InChI=1S/C11H9Br2NO2/c12-7-11(16)9(13)6-10(15)14(11)8-4-2-1-3-5-8/h1-6,16H,7H2. The van der Waals surface area contributed by atoms with Gasteiger partial charge < -0.3 is 5.11 Å². The summed E-state index contributed by atoms with van der Waals surface area (Å²) >= 11 is 6.44. The molecule has 0 aliphatic carbocycles. The van der Waals surface area contributed by atoms with Crippen molar-refractivity contribution in [3.05, 3.63) is 40.9 Å². The van der Waals surface area contributed by atoms with E-state index in [1.54, 1.807) is 12.1 Å². The van der Waals surface area contributed by atoms with Crippen molar-refractivity contribution in [2.45, 2.75) is 5.72 Å². The van der Waals surface area contributed by atoms with Crippen LogP contribution in [-0.2, 0) is 4.79 Å². The zero-order valence-corrected chi connectivity index (χ0v) is 11.4. The number of aliphatic hydroxyl groups is 1. The second-order valence-corrected chi connectivity index (χ2v) is 4.87. The number of halogens is 2. The van der Waals surface area contributed by atoms with Gasteiger partial charge in [-0.1, -0.05) is 50.1 Å². The quantitative estimate of drug-likeness (QED) is 0.835. The molecule has 1 amide bonds. The molecule has 1 aliphatic rings. The number of rotatable bonds is 2. The summed E-state index contributed by atoms with van der Waals surface area (Å²) in [5.74, 6) is -0.236. The Kier molecular flexibility index (Phi) is 3.19. The van der Waals surface area contributed by atoms with Crippen LogP contribution in [0.15, 0.2) is 40.9 Å². The third-order valence-corrected chi connectivity index (χ3v) is 4.07. The number of carbonyl (C=O) groups excluding carboxylic acids is 1. The highest BCUT2D eigenvalue weighted by Crippen LogP contribution is 2.37. The minimum Gasteiger partial charge on any atom is -0.365 e. The number of benzene rings is 1. The maximum absolute atomic E-state index is 11.8.